The average Bonchev–Trinajstić information content (AvgIpc) is 3.30. The van der Waals surface area contributed by atoms with Crippen molar-refractivity contribution in [2.45, 2.75) is 44.8 Å². The first kappa shape index (κ1) is 20.2. The summed E-state index contributed by atoms with van der Waals surface area (Å²) in [6.07, 6.45) is 9.82. The molecule has 2 fully saturated rings. The molecule has 1 unspecified atom stereocenters. The van der Waals surface area contributed by atoms with E-state index in [2.05, 4.69) is 45.5 Å². The molecule has 1 N–H and O–H groups in total. The fraction of sp³-hybridized carbons (Fsp3) is 0.542. The Morgan fingerprint density at radius 2 is 1.93 bits per heavy atom. The van der Waals surface area contributed by atoms with Gasteiger partial charge in [-0.2, -0.15) is 0 Å². The highest BCUT2D eigenvalue weighted by molar-refractivity contribution is 5.48. The van der Waals surface area contributed by atoms with Gasteiger partial charge in [0.15, 0.2) is 0 Å². The molecule has 156 valence electrons. The summed E-state index contributed by atoms with van der Waals surface area (Å²) < 4.78 is 11.8. The number of aromatic nitrogens is 1. The topological polar surface area (TPSA) is 46.6 Å². The van der Waals surface area contributed by atoms with Gasteiger partial charge in [0.1, 0.15) is 12.4 Å². The first-order valence-electron chi connectivity index (χ1n) is 11.0. The second-order valence-corrected chi connectivity index (χ2v) is 8.24. The zero-order valence-electron chi connectivity index (χ0n) is 17.3. The summed E-state index contributed by atoms with van der Waals surface area (Å²) in [5, 5.41) is 3.47. The Kier molecular flexibility index (Phi) is 7.38. The van der Waals surface area contributed by atoms with Crippen molar-refractivity contribution in [3.05, 3.63) is 54.4 Å². The molecule has 1 aromatic carbocycles. The van der Waals surface area contributed by atoms with Crippen molar-refractivity contribution in [1.82, 2.24) is 10.3 Å². The molecule has 1 aromatic heterocycles. The molecule has 2 aliphatic rings. The summed E-state index contributed by atoms with van der Waals surface area (Å²) in [5.41, 5.74) is 2.43. The molecule has 5 heteroatoms. The van der Waals surface area contributed by atoms with Crippen LogP contribution in [0.5, 0.6) is 5.75 Å². The van der Waals surface area contributed by atoms with Crippen LogP contribution in [0.2, 0.25) is 0 Å². The molecule has 29 heavy (non-hydrogen) atoms. The van der Waals surface area contributed by atoms with Gasteiger partial charge < -0.3 is 19.7 Å². The number of nitrogens with zero attached hydrogens (tertiary/aromatic N) is 2. The Bertz CT molecular complexity index is 726. The number of benzene rings is 1. The second-order valence-electron chi connectivity index (χ2n) is 8.24. The zero-order chi connectivity index (χ0) is 19.7. The predicted octanol–water partition coefficient (Wildman–Crippen LogP) is 4.04. The van der Waals surface area contributed by atoms with Crippen LogP contribution in [0.25, 0.3) is 0 Å². The molecule has 2 aromatic rings. The van der Waals surface area contributed by atoms with Crippen molar-refractivity contribution in [2.24, 2.45) is 5.92 Å². The first-order valence-corrected chi connectivity index (χ1v) is 11.0. The smallest absolute Gasteiger partial charge is 0.139 e. The number of hydrogen-bond donors (Lipinski definition) is 1. The van der Waals surface area contributed by atoms with Gasteiger partial charge in [-0.3, -0.25) is 4.98 Å². The van der Waals surface area contributed by atoms with E-state index in [1.165, 1.54) is 36.9 Å². The second kappa shape index (κ2) is 10.6. The summed E-state index contributed by atoms with van der Waals surface area (Å²) >= 11 is 0. The lowest BCUT2D eigenvalue weighted by molar-refractivity contribution is 0.104. The molecule has 1 atom stereocenters. The van der Waals surface area contributed by atoms with E-state index < -0.39 is 0 Å². The Hall–Kier alpha value is -2.11. The van der Waals surface area contributed by atoms with Crippen LogP contribution in [0.3, 0.4) is 0 Å². The van der Waals surface area contributed by atoms with Crippen LogP contribution in [0.15, 0.2) is 48.8 Å². The van der Waals surface area contributed by atoms with Gasteiger partial charge in [-0.15, -0.1) is 0 Å². The molecule has 2 aliphatic heterocycles. The lowest BCUT2D eigenvalue weighted by Crippen LogP contribution is -2.34. The normalized spacial score (nSPS) is 20.1. The summed E-state index contributed by atoms with van der Waals surface area (Å²) in [5.74, 6) is 1.63. The average molecular weight is 396 g/mol. The van der Waals surface area contributed by atoms with E-state index in [0.29, 0.717) is 12.6 Å². The summed E-state index contributed by atoms with van der Waals surface area (Å²) in [4.78, 5) is 6.85. The number of anilines is 1. The summed E-state index contributed by atoms with van der Waals surface area (Å²) in [7, 11) is 0. The molecule has 0 saturated carbocycles. The van der Waals surface area contributed by atoms with Crippen molar-refractivity contribution < 1.29 is 9.47 Å². The molecular formula is C24H33N3O2. The minimum absolute atomic E-state index is 0.485. The van der Waals surface area contributed by atoms with E-state index in [9.17, 15) is 0 Å². The molecule has 5 nitrogen and oxygen atoms in total. The van der Waals surface area contributed by atoms with Crippen LogP contribution < -0.4 is 15.0 Å². The van der Waals surface area contributed by atoms with Crippen molar-refractivity contribution in [3.63, 3.8) is 0 Å². The Morgan fingerprint density at radius 3 is 2.72 bits per heavy atom. The summed E-state index contributed by atoms with van der Waals surface area (Å²) in [6.45, 7) is 5.57. The molecule has 0 radical (unpaired) electrons. The third-order valence-corrected chi connectivity index (χ3v) is 6.07. The molecular weight excluding hydrogens is 362 g/mol. The van der Waals surface area contributed by atoms with Crippen LogP contribution in [0, 0.1) is 5.92 Å². The molecule has 0 bridgehead atoms. The van der Waals surface area contributed by atoms with E-state index in [1.54, 1.807) is 0 Å². The first-order chi connectivity index (χ1) is 14.4. The van der Waals surface area contributed by atoms with Gasteiger partial charge in [0.2, 0.25) is 0 Å². The molecule has 0 amide bonds. The highest BCUT2D eigenvalue weighted by Gasteiger charge is 2.20. The zero-order valence-corrected chi connectivity index (χ0v) is 17.3. The third-order valence-electron chi connectivity index (χ3n) is 6.07. The maximum Gasteiger partial charge on any atom is 0.139 e. The molecule has 3 heterocycles. The number of piperidine rings is 1. The lowest BCUT2D eigenvalue weighted by atomic mass is 9.94. The number of hydrogen-bond acceptors (Lipinski definition) is 5. The van der Waals surface area contributed by atoms with Gasteiger partial charge in [0.25, 0.3) is 0 Å². The third kappa shape index (κ3) is 6.18. The van der Waals surface area contributed by atoms with Crippen molar-refractivity contribution in [3.8, 4) is 5.75 Å². The summed E-state index contributed by atoms with van der Waals surface area (Å²) in [6, 6.07) is 13.0. The largest absolute Gasteiger partial charge is 0.490 e. The Balaban J connectivity index is 1.16. The monoisotopic (exact) mass is 395 g/mol. The molecule has 0 aliphatic carbocycles. The maximum atomic E-state index is 5.98. The van der Waals surface area contributed by atoms with Crippen molar-refractivity contribution in [2.75, 3.05) is 37.7 Å². The lowest BCUT2D eigenvalue weighted by Gasteiger charge is -2.33. The number of ether oxygens (including phenoxy) is 2. The van der Waals surface area contributed by atoms with Crippen LogP contribution in [0.1, 0.15) is 37.7 Å². The van der Waals surface area contributed by atoms with E-state index in [0.717, 1.165) is 50.9 Å². The van der Waals surface area contributed by atoms with Crippen molar-refractivity contribution >= 4 is 5.69 Å². The van der Waals surface area contributed by atoms with Crippen molar-refractivity contribution in [1.29, 1.82) is 0 Å². The number of nitrogens with one attached hydrogen (secondary N) is 1. The van der Waals surface area contributed by atoms with E-state index in [4.69, 9.17) is 9.47 Å². The Morgan fingerprint density at radius 1 is 1.07 bits per heavy atom. The van der Waals surface area contributed by atoms with Gasteiger partial charge in [-0.25, -0.2) is 0 Å². The van der Waals surface area contributed by atoms with E-state index in [-0.39, 0.29) is 0 Å². The standard InChI is InChI=1S/C24H33N3O2/c1-2-5-21(6-3-1)18-28-14-10-20-8-12-27(13-9-20)23-15-24(17-25-16-23)29-19-22-7-4-11-26-22/h1-3,5-6,15-17,20,22,26H,4,7-14,18-19H2. The fourth-order valence-corrected chi connectivity index (χ4v) is 4.25. The van der Waals surface area contributed by atoms with E-state index >= 15 is 0 Å². The van der Waals surface area contributed by atoms with E-state index in [1.807, 2.05) is 18.5 Å². The van der Waals surface area contributed by atoms with Gasteiger partial charge in [0.05, 0.1) is 24.7 Å². The van der Waals surface area contributed by atoms with Gasteiger partial charge in [-0.1, -0.05) is 30.3 Å². The quantitative estimate of drug-likeness (QED) is 0.650. The highest BCUT2D eigenvalue weighted by atomic mass is 16.5. The molecule has 4 rings (SSSR count). The Labute approximate surface area is 174 Å². The van der Waals surface area contributed by atoms with Gasteiger partial charge >= 0.3 is 0 Å². The maximum absolute atomic E-state index is 5.98. The van der Waals surface area contributed by atoms with Gasteiger partial charge in [0, 0.05) is 31.8 Å². The van der Waals surface area contributed by atoms with Crippen LogP contribution >= 0.6 is 0 Å². The number of pyridine rings is 1. The van der Waals surface area contributed by atoms with Gasteiger partial charge in [-0.05, 0) is 50.1 Å². The SMILES string of the molecule is c1ccc(COCCC2CCN(c3cncc(OCC4CCCN4)c3)CC2)cc1. The van der Waals surface area contributed by atoms with Crippen LogP contribution in [-0.4, -0.2) is 43.9 Å². The predicted molar refractivity (Wildman–Crippen MR) is 116 cm³/mol. The number of rotatable bonds is 9. The fourth-order valence-electron chi connectivity index (χ4n) is 4.25. The molecule has 2 saturated heterocycles. The minimum Gasteiger partial charge on any atom is -0.490 e. The minimum atomic E-state index is 0.485. The highest BCUT2D eigenvalue weighted by Crippen LogP contribution is 2.27. The van der Waals surface area contributed by atoms with Crippen LogP contribution in [0.4, 0.5) is 5.69 Å². The molecule has 0 spiro atoms. The van der Waals surface area contributed by atoms with Crippen LogP contribution in [-0.2, 0) is 11.3 Å².